The highest BCUT2D eigenvalue weighted by atomic mass is 16.6. The van der Waals surface area contributed by atoms with E-state index in [9.17, 15) is 9.59 Å². The molecule has 6 nitrogen and oxygen atoms in total. The zero-order valence-corrected chi connectivity index (χ0v) is 18.7. The molecule has 0 saturated carbocycles. The van der Waals surface area contributed by atoms with Gasteiger partial charge in [-0.15, -0.1) is 0 Å². The van der Waals surface area contributed by atoms with E-state index < -0.39 is 6.09 Å². The molecule has 2 aliphatic heterocycles. The highest BCUT2D eigenvalue weighted by Gasteiger charge is 2.51. The zero-order valence-electron chi connectivity index (χ0n) is 18.7. The van der Waals surface area contributed by atoms with Crippen molar-refractivity contribution in [3.8, 4) is 5.75 Å². The summed E-state index contributed by atoms with van der Waals surface area (Å²) < 4.78 is 11.0. The number of para-hydroxylation sites is 1. The Morgan fingerprint density at radius 1 is 0.941 bits per heavy atom. The van der Waals surface area contributed by atoms with E-state index in [1.165, 1.54) is 0 Å². The first kappa shape index (κ1) is 21.8. The van der Waals surface area contributed by atoms with E-state index >= 15 is 0 Å². The van der Waals surface area contributed by atoms with Gasteiger partial charge in [0.05, 0.1) is 18.1 Å². The van der Waals surface area contributed by atoms with Crippen molar-refractivity contribution in [2.45, 2.75) is 24.5 Å². The second-order valence-electron chi connectivity index (χ2n) is 8.43. The minimum absolute atomic E-state index is 0.163. The van der Waals surface area contributed by atoms with Crippen LogP contribution in [0.3, 0.4) is 0 Å². The molecule has 172 valence electrons. The van der Waals surface area contributed by atoms with Gasteiger partial charge in [0.2, 0.25) is 0 Å². The van der Waals surface area contributed by atoms with Crippen LogP contribution in [0.1, 0.15) is 23.6 Å². The van der Waals surface area contributed by atoms with E-state index in [1.807, 2.05) is 91.0 Å². The van der Waals surface area contributed by atoms with Gasteiger partial charge in [0.25, 0.3) is 0 Å². The Hall–Kier alpha value is -4.06. The molecular formula is C28H26N2O4. The van der Waals surface area contributed by atoms with Gasteiger partial charge >= 0.3 is 12.2 Å². The smallest absolute Gasteiger partial charge is 0.415 e. The minimum Gasteiger partial charge on any atom is -0.447 e. The third-order valence-electron chi connectivity index (χ3n) is 6.35. The van der Waals surface area contributed by atoms with Gasteiger partial charge in [-0.05, 0) is 29.7 Å². The second kappa shape index (κ2) is 9.83. The van der Waals surface area contributed by atoms with Crippen molar-refractivity contribution >= 4 is 18.3 Å². The van der Waals surface area contributed by atoms with Gasteiger partial charge in [0.15, 0.2) is 0 Å². The van der Waals surface area contributed by atoms with Crippen LogP contribution in [-0.2, 0) is 4.74 Å². The molecule has 0 aliphatic carbocycles. The van der Waals surface area contributed by atoms with E-state index in [4.69, 9.17) is 9.47 Å². The van der Waals surface area contributed by atoms with Crippen molar-refractivity contribution in [3.05, 3.63) is 108 Å². The zero-order chi connectivity index (χ0) is 23.3. The molecule has 3 atom stereocenters. The molecule has 0 N–H and O–H groups in total. The molecule has 0 bridgehead atoms. The van der Waals surface area contributed by atoms with Crippen LogP contribution in [0.15, 0.2) is 97.1 Å². The fourth-order valence-corrected chi connectivity index (χ4v) is 4.58. The lowest BCUT2D eigenvalue weighted by molar-refractivity contribution is -0.00326. The number of carbonyl (C=O) groups is 2. The largest absolute Gasteiger partial charge is 0.447 e. The lowest BCUT2D eigenvalue weighted by atomic mass is 9.90. The summed E-state index contributed by atoms with van der Waals surface area (Å²) in [6.45, 7) is 0.703. The monoisotopic (exact) mass is 454 g/mol. The summed E-state index contributed by atoms with van der Waals surface area (Å²) in [5, 5.41) is 0. The molecule has 0 aromatic heterocycles. The van der Waals surface area contributed by atoms with Crippen molar-refractivity contribution in [3.63, 3.8) is 0 Å². The maximum atomic E-state index is 13.0. The molecule has 2 aliphatic rings. The summed E-state index contributed by atoms with van der Waals surface area (Å²) in [5.41, 5.74) is 2.11. The molecule has 2 heterocycles. The molecule has 2 saturated heterocycles. The number of benzene rings is 3. The predicted molar refractivity (Wildman–Crippen MR) is 129 cm³/mol. The number of carbonyl (C=O) groups excluding carboxylic acids is 2. The number of cyclic esters (lactones) is 1. The van der Waals surface area contributed by atoms with E-state index in [1.54, 1.807) is 21.9 Å². The maximum absolute atomic E-state index is 13.0. The maximum Gasteiger partial charge on any atom is 0.415 e. The minimum atomic E-state index is -0.413. The number of hydrogen-bond acceptors (Lipinski definition) is 4. The summed E-state index contributed by atoms with van der Waals surface area (Å²) >= 11 is 0. The van der Waals surface area contributed by atoms with Crippen molar-refractivity contribution in [1.29, 1.82) is 0 Å². The lowest BCUT2D eigenvalue weighted by Crippen LogP contribution is -2.68. The van der Waals surface area contributed by atoms with Crippen molar-refractivity contribution in [2.75, 3.05) is 13.2 Å². The molecule has 0 spiro atoms. The first-order valence-corrected chi connectivity index (χ1v) is 11.5. The van der Waals surface area contributed by atoms with Gasteiger partial charge in [-0.3, -0.25) is 4.90 Å². The summed E-state index contributed by atoms with van der Waals surface area (Å²) in [7, 11) is 0. The number of likely N-dealkylation sites (tertiary alicyclic amines) is 1. The SMILES string of the molecule is O=C(Oc1ccccc1)N1C[C@@H](N2C(=O)OC[C@@H]2c2ccccc2)[C@H]1C/C=C/c1ccccc1. The molecule has 2 fully saturated rings. The lowest BCUT2D eigenvalue weighted by Gasteiger charge is -2.50. The van der Waals surface area contributed by atoms with Gasteiger partial charge in [0.1, 0.15) is 12.4 Å². The van der Waals surface area contributed by atoms with Crippen LogP contribution in [0.5, 0.6) is 5.75 Å². The van der Waals surface area contributed by atoms with Crippen LogP contribution in [0.4, 0.5) is 9.59 Å². The highest BCUT2D eigenvalue weighted by molar-refractivity contribution is 5.75. The van der Waals surface area contributed by atoms with Crippen LogP contribution < -0.4 is 4.74 Å². The molecule has 0 radical (unpaired) electrons. The second-order valence-corrected chi connectivity index (χ2v) is 8.43. The average Bonchev–Trinajstić information content (AvgIpc) is 3.24. The highest BCUT2D eigenvalue weighted by Crippen LogP contribution is 2.37. The summed E-state index contributed by atoms with van der Waals surface area (Å²) in [6, 6.07) is 28.4. The van der Waals surface area contributed by atoms with Gasteiger partial charge in [-0.2, -0.15) is 0 Å². The molecule has 6 heteroatoms. The Balaban J connectivity index is 1.36. The van der Waals surface area contributed by atoms with Gasteiger partial charge in [-0.25, -0.2) is 9.59 Å². The quantitative estimate of drug-likeness (QED) is 0.491. The number of amides is 2. The van der Waals surface area contributed by atoms with E-state index in [-0.39, 0.29) is 24.2 Å². The molecule has 3 aromatic rings. The summed E-state index contributed by atoms with van der Waals surface area (Å²) in [5.74, 6) is 0.497. The van der Waals surface area contributed by atoms with Crippen molar-refractivity contribution in [2.24, 2.45) is 0 Å². The normalized spacial score (nSPS) is 21.9. The first-order chi connectivity index (χ1) is 16.7. The van der Waals surface area contributed by atoms with Gasteiger partial charge in [0, 0.05) is 6.54 Å². The number of hydrogen-bond donors (Lipinski definition) is 0. The molecule has 0 unspecified atom stereocenters. The van der Waals surface area contributed by atoms with Gasteiger partial charge < -0.3 is 14.4 Å². The van der Waals surface area contributed by atoms with E-state index in [0.717, 1.165) is 11.1 Å². The Labute approximate surface area is 199 Å². The van der Waals surface area contributed by atoms with E-state index in [0.29, 0.717) is 25.3 Å². The molecule has 34 heavy (non-hydrogen) atoms. The fraction of sp³-hybridized carbons (Fsp3) is 0.214. The molecular weight excluding hydrogens is 428 g/mol. The average molecular weight is 455 g/mol. The van der Waals surface area contributed by atoms with Crippen LogP contribution >= 0.6 is 0 Å². The van der Waals surface area contributed by atoms with Gasteiger partial charge in [-0.1, -0.05) is 91.0 Å². The van der Waals surface area contributed by atoms with Crippen LogP contribution in [0.25, 0.3) is 6.08 Å². The van der Waals surface area contributed by atoms with Crippen molar-refractivity contribution in [1.82, 2.24) is 9.80 Å². The molecule has 5 rings (SSSR count). The van der Waals surface area contributed by atoms with Crippen LogP contribution in [0, 0.1) is 0 Å². The predicted octanol–water partition coefficient (Wildman–Crippen LogP) is 5.54. The van der Waals surface area contributed by atoms with E-state index in [2.05, 4.69) is 0 Å². The Bertz CT molecular complexity index is 1150. The number of ether oxygens (including phenoxy) is 2. The summed E-state index contributed by atoms with van der Waals surface area (Å²) in [6.07, 6.45) is 3.92. The van der Waals surface area contributed by atoms with Crippen molar-refractivity contribution < 1.29 is 19.1 Å². The van der Waals surface area contributed by atoms with Crippen LogP contribution in [0.2, 0.25) is 0 Å². The Morgan fingerprint density at radius 2 is 1.59 bits per heavy atom. The third kappa shape index (κ3) is 4.53. The number of rotatable bonds is 6. The Morgan fingerprint density at radius 3 is 2.29 bits per heavy atom. The fourth-order valence-electron chi connectivity index (χ4n) is 4.58. The number of nitrogens with zero attached hydrogens (tertiary/aromatic N) is 2. The standard InChI is InChI=1S/C28H26N2O4/c31-27(34-23-16-8-3-9-17-23)29-19-25(24(29)18-10-13-21-11-4-1-5-12-21)30-26(20-33-28(30)32)22-14-6-2-7-15-22/h1-17,24-26H,18-20H2/b13-10+/t24-,25-,26-/m1/s1. The third-order valence-corrected chi connectivity index (χ3v) is 6.35. The molecule has 3 aromatic carbocycles. The topological polar surface area (TPSA) is 59.1 Å². The molecule has 2 amide bonds. The Kier molecular flexibility index (Phi) is 6.29. The summed E-state index contributed by atoms with van der Waals surface area (Å²) in [4.78, 5) is 29.2. The first-order valence-electron chi connectivity index (χ1n) is 11.5. The van der Waals surface area contributed by atoms with Crippen LogP contribution in [-0.4, -0.2) is 47.2 Å².